The lowest BCUT2D eigenvalue weighted by atomic mass is 10.0. The van der Waals surface area contributed by atoms with E-state index >= 15 is 0 Å². The standard InChI is InChI=1S/C38H23N3O/c1-39-34-24-19-29(25-35(34)40-2)28-17-22-31(23-18-28)41(30-20-15-27(16-21-30)26-9-4-3-5-10-26)36-13-8-12-33-32-11-6-7-14-37(32)42-38(33)36/h3-25H. The Morgan fingerprint density at radius 2 is 1.05 bits per heavy atom. The number of hydrogen-bond donors (Lipinski definition) is 0. The van der Waals surface area contributed by atoms with E-state index in [1.807, 2.05) is 30.3 Å². The van der Waals surface area contributed by atoms with Gasteiger partial charge in [0.15, 0.2) is 17.0 Å². The molecule has 0 saturated heterocycles. The molecular formula is C38H23N3O. The molecule has 6 aromatic carbocycles. The average Bonchev–Trinajstić information content (AvgIpc) is 3.45. The fourth-order valence-electron chi connectivity index (χ4n) is 5.46. The van der Waals surface area contributed by atoms with E-state index in [4.69, 9.17) is 17.6 Å². The second-order valence-corrected chi connectivity index (χ2v) is 9.97. The number of benzene rings is 6. The van der Waals surface area contributed by atoms with Crippen molar-refractivity contribution in [2.75, 3.05) is 4.90 Å². The van der Waals surface area contributed by atoms with Gasteiger partial charge in [0.25, 0.3) is 0 Å². The van der Waals surface area contributed by atoms with Crippen LogP contribution in [0.25, 0.3) is 53.9 Å². The van der Waals surface area contributed by atoms with Gasteiger partial charge in [0, 0.05) is 22.1 Å². The van der Waals surface area contributed by atoms with Gasteiger partial charge in [-0.05, 0) is 58.7 Å². The maximum Gasteiger partial charge on any atom is 0.195 e. The van der Waals surface area contributed by atoms with Crippen molar-refractivity contribution in [1.82, 2.24) is 0 Å². The van der Waals surface area contributed by atoms with Gasteiger partial charge in [0.05, 0.1) is 18.8 Å². The Labute approximate surface area is 244 Å². The van der Waals surface area contributed by atoms with Gasteiger partial charge in [-0.15, -0.1) is 0 Å². The maximum absolute atomic E-state index is 7.47. The van der Waals surface area contributed by atoms with Crippen molar-refractivity contribution in [3.05, 3.63) is 162 Å². The van der Waals surface area contributed by atoms with E-state index in [2.05, 4.69) is 112 Å². The molecule has 0 spiro atoms. The maximum atomic E-state index is 7.47. The summed E-state index contributed by atoms with van der Waals surface area (Å²) in [6.07, 6.45) is 0. The van der Waals surface area contributed by atoms with Crippen LogP contribution in [0, 0.1) is 13.1 Å². The van der Waals surface area contributed by atoms with Crippen LogP contribution >= 0.6 is 0 Å². The quantitative estimate of drug-likeness (QED) is 0.204. The summed E-state index contributed by atoms with van der Waals surface area (Å²) >= 11 is 0. The smallest absolute Gasteiger partial charge is 0.195 e. The Balaban J connectivity index is 1.36. The van der Waals surface area contributed by atoms with Crippen molar-refractivity contribution in [2.24, 2.45) is 0 Å². The molecule has 4 heteroatoms. The minimum atomic E-state index is 0.364. The summed E-state index contributed by atoms with van der Waals surface area (Å²) < 4.78 is 6.45. The summed E-state index contributed by atoms with van der Waals surface area (Å²) in [6, 6.07) is 47.0. The summed E-state index contributed by atoms with van der Waals surface area (Å²) in [5.74, 6) is 0. The molecule has 0 N–H and O–H groups in total. The van der Waals surface area contributed by atoms with Crippen LogP contribution in [0.5, 0.6) is 0 Å². The second kappa shape index (κ2) is 10.5. The highest BCUT2D eigenvalue weighted by Gasteiger charge is 2.19. The molecule has 0 fully saturated rings. The number of nitrogens with zero attached hydrogens (tertiary/aromatic N) is 3. The number of para-hydroxylation sites is 2. The molecule has 0 aliphatic carbocycles. The lowest BCUT2D eigenvalue weighted by Gasteiger charge is -2.26. The number of anilines is 3. The third kappa shape index (κ3) is 4.34. The van der Waals surface area contributed by atoms with Crippen molar-refractivity contribution in [3.63, 3.8) is 0 Å². The van der Waals surface area contributed by atoms with Gasteiger partial charge in [-0.25, -0.2) is 0 Å². The predicted molar refractivity (Wildman–Crippen MR) is 172 cm³/mol. The van der Waals surface area contributed by atoms with E-state index in [0.717, 1.165) is 55.7 Å². The molecule has 0 aliphatic rings. The van der Waals surface area contributed by atoms with Crippen LogP contribution in [0.3, 0.4) is 0 Å². The van der Waals surface area contributed by atoms with Gasteiger partial charge in [-0.2, -0.15) is 0 Å². The molecular weight excluding hydrogens is 514 g/mol. The summed E-state index contributed by atoms with van der Waals surface area (Å²) in [5, 5.41) is 2.15. The van der Waals surface area contributed by atoms with Crippen molar-refractivity contribution in [1.29, 1.82) is 0 Å². The molecule has 42 heavy (non-hydrogen) atoms. The minimum absolute atomic E-state index is 0.364. The average molecular weight is 538 g/mol. The van der Waals surface area contributed by atoms with Crippen molar-refractivity contribution in [2.45, 2.75) is 0 Å². The van der Waals surface area contributed by atoms with Crippen molar-refractivity contribution in [3.8, 4) is 22.3 Å². The second-order valence-electron chi connectivity index (χ2n) is 9.97. The van der Waals surface area contributed by atoms with Crippen LogP contribution in [-0.4, -0.2) is 0 Å². The molecule has 1 heterocycles. The lowest BCUT2D eigenvalue weighted by molar-refractivity contribution is 0.669. The molecule has 0 unspecified atom stereocenters. The monoisotopic (exact) mass is 537 g/mol. The van der Waals surface area contributed by atoms with Gasteiger partial charge in [-0.1, -0.05) is 103 Å². The first-order chi connectivity index (χ1) is 20.7. The van der Waals surface area contributed by atoms with Crippen molar-refractivity contribution < 1.29 is 4.42 Å². The zero-order valence-electron chi connectivity index (χ0n) is 22.5. The summed E-state index contributed by atoms with van der Waals surface area (Å²) in [4.78, 5) is 9.23. The van der Waals surface area contributed by atoms with Gasteiger partial charge in [-0.3, -0.25) is 9.69 Å². The fraction of sp³-hybridized carbons (Fsp3) is 0. The first-order valence-corrected chi connectivity index (χ1v) is 13.6. The van der Waals surface area contributed by atoms with Crippen LogP contribution in [0.1, 0.15) is 0 Å². The molecule has 0 saturated carbocycles. The molecule has 0 aliphatic heterocycles. The van der Waals surface area contributed by atoms with Crippen LogP contribution in [-0.2, 0) is 0 Å². The Morgan fingerprint density at radius 3 is 1.74 bits per heavy atom. The van der Waals surface area contributed by atoms with Gasteiger partial charge >= 0.3 is 0 Å². The highest BCUT2D eigenvalue weighted by molar-refractivity contribution is 6.10. The number of fused-ring (bicyclic) bond motifs is 3. The van der Waals surface area contributed by atoms with Crippen LogP contribution < -0.4 is 4.90 Å². The molecule has 0 bridgehead atoms. The van der Waals surface area contributed by atoms with E-state index in [1.165, 1.54) is 5.56 Å². The predicted octanol–water partition coefficient (Wildman–Crippen LogP) is 11.5. The Morgan fingerprint density at radius 1 is 0.476 bits per heavy atom. The van der Waals surface area contributed by atoms with Crippen LogP contribution in [0.15, 0.2) is 144 Å². The van der Waals surface area contributed by atoms with E-state index in [9.17, 15) is 0 Å². The van der Waals surface area contributed by atoms with Gasteiger partial charge in [0.2, 0.25) is 0 Å². The molecule has 0 radical (unpaired) electrons. The third-order valence-corrected chi connectivity index (χ3v) is 7.53. The van der Waals surface area contributed by atoms with E-state index in [-0.39, 0.29) is 0 Å². The Hall–Kier alpha value is -6.10. The summed E-state index contributed by atoms with van der Waals surface area (Å²) in [5.41, 5.74) is 9.53. The molecule has 0 amide bonds. The fourth-order valence-corrected chi connectivity index (χ4v) is 5.46. The van der Waals surface area contributed by atoms with E-state index in [1.54, 1.807) is 12.1 Å². The first-order valence-electron chi connectivity index (χ1n) is 13.6. The molecule has 1 aromatic heterocycles. The zero-order chi connectivity index (χ0) is 28.5. The Kier molecular flexibility index (Phi) is 6.21. The van der Waals surface area contributed by atoms with Gasteiger partial charge in [0.1, 0.15) is 5.58 Å². The zero-order valence-corrected chi connectivity index (χ0v) is 22.5. The van der Waals surface area contributed by atoms with Crippen LogP contribution in [0.4, 0.5) is 28.4 Å². The molecule has 7 rings (SSSR count). The number of rotatable bonds is 5. The normalized spacial score (nSPS) is 10.8. The van der Waals surface area contributed by atoms with Crippen molar-refractivity contribution >= 4 is 50.4 Å². The number of furan rings is 1. The van der Waals surface area contributed by atoms with E-state index in [0.29, 0.717) is 11.4 Å². The molecule has 0 atom stereocenters. The first kappa shape index (κ1) is 24.9. The van der Waals surface area contributed by atoms with E-state index < -0.39 is 0 Å². The molecule has 196 valence electrons. The summed E-state index contributed by atoms with van der Waals surface area (Å²) in [6.45, 7) is 14.8. The highest BCUT2D eigenvalue weighted by Crippen LogP contribution is 2.43. The van der Waals surface area contributed by atoms with Crippen LogP contribution in [0.2, 0.25) is 0 Å². The Bertz CT molecular complexity index is 2150. The minimum Gasteiger partial charge on any atom is -0.454 e. The SMILES string of the molecule is [C-]#[N+]c1ccc(-c2ccc(N(c3ccc(-c4ccccc4)cc3)c3cccc4c3oc3ccccc34)cc2)cc1[N+]#[C-]. The largest absolute Gasteiger partial charge is 0.454 e. The molecule has 4 nitrogen and oxygen atoms in total. The lowest BCUT2D eigenvalue weighted by Crippen LogP contribution is -2.10. The highest BCUT2D eigenvalue weighted by atomic mass is 16.3. The van der Waals surface area contributed by atoms with Gasteiger partial charge < -0.3 is 9.32 Å². The third-order valence-electron chi connectivity index (χ3n) is 7.53. The topological polar surface area (TPSA) is 25.1 Å². The number of hydrogen-bond acceptors (Lipinski definition) is 2. The summed E-state index contributed by atoms with van der Waals surface area (Å²) in [7, 11) is 0. The molecule has 7 aromatic rings.